The number of anilines is 1. The van der Waals surface area contributed by atoms with Crippen LogP contribution in [0.5, 0.6) is 0 Å². The maximum atomic E-state index is 11.8. The molecule has 0 aliphatic heterocycles. The third kappa shape index (κ3) is 3.30. The molecule has 0 spiro atoms. The Morgan fingerprint density at radius 3 is 3.00 bits per heavy atom. The molecule has 2 unspecified atom stereocenters. The van der Waals surface area contributed by atoms with Gasteiger partial charge in [-0.15, -0.1) is 0 Å². The van der Waals surface area contributed by atoms with E-state index in [0.29, 0.717) is 12.3 Å². The van der Waals surface area contributed by atoms with Gasteiger partial charge in [-0.05, 0) is 18.8 Å². The summed E-state index contributed by atoms with van der Waals surface area (Å²) in [5.41, 5.74) is 6.78. The van der Waals surface area contributed by atoms with Gasteiger partial charge in [-0.1, -0.05) is 12.8 Å². The van der Waals surface area contributed by atoms with E-state index in [0.717, 1.165) is 18.5 Å². The first-order chi connectivity index (χ1) is 8.15. The summed E-state index contributed by atoms with van der Waals surface area (Å²) in [5, 5.41) is 6.86. The van der Waals surface area contributed by atoms with E-state index in [1.807, 2.05) is 7.05 Å². The molecule has 5 heteroatoms. The van der Waals surface area contributed by atoms with Crippen LogP contribution in [0.4, 0.5) is 5.69 Å². The van der Waals surface area contributed by atoms with Crippen LogP contribution in [0.1, 0.15) is 32.1 Å². The minimum atomic E-state index is 0.0420. The molecule has 5 nitrogen and oxygen atoms in total. The summed E-state index contributed by atoms with van der Waals surface area (Å²) < 4.78 is 1.67. The largest absolute Gasteiger partial charge is 0.327 e. The van der Waals surface area contributed by atoms with E-state index in [2.05, 4.69) is 10.4 Å². The van der Waals surface area contributed by atoms with Gasteiger partial charge in [0, 0.05) is 25.7 Å². The molecule has 94 valence electrons. The lowest BCUT2D eigenvalue weighted by atomic mass is 9.83. The van der Waals surface area contributed by atoms with E-state index < -0.39 is 0 Å². The molecule has 2 atom stereocenters. The van der Waals surface area contributed by atoms with Crippen molar-refractivity contribution in [2.24, 2.45) is 18.7 Å². The van der Waals surface area contributed by atoms with Gasteiger partial charge in [0.1, 0.15) is 0 Å². The van der Waals surface area contributed by atoms with E-state index in [1.54, 1.807) is 17.1 Å². The third-order valence-electron chi connectivity index (χ3n) is 3.40. The Balaban J connectivity index is 1.84. The molecule has 0 saturated heterocycles. The van der Waals surface area contributed by atoms with Crippen molar-refractivity contribution in [3.05, 3.63) is 12.4 Å². The van der Waals surface area contributed by atoms with E-state index in [9.17, 15) is 4.79 Å². The lowest BCUT2D eigenvalue weighted by Crippen LogP contribution is -2.35. The number of nitrogens with one attached hydrogen (secondary N) is 1. The quantitative estimate of drug-likeness (QED) is 0.830. The molecule has 17 heavy (non-hydrogen) atoms. The van der Waals surface area contributed by atoms with Gasteiger partial charge in [-0.2, -0.15) is 5.10 Å². The Kier molecular flexibility index (Phi) is 3.78. The number of aromatic nitrogens is 2. The number of carbonyl (C=O) groups is 1. The summed E-state index contributed by atoms with van der Waals surface area (Å²) in [5.74, 6) is 0.376. The normalized spacial score (nSPS) is 24.6. The van der Waals surface area contributed by atoms with Crippen molar-refractivity contribution >= 4 is 11.6 Å². The predicted molar refractivity (Wildman–Crippen MR) is 66.4 cm³/mol. The molecule has 1 heterocycles. The van der Waals surface area contributed by atoms with Crippen LogP contribution in [0.3, 0.4) is 0 Å². The first-order valence-electron chi connectivity index (χ1n) is 6.19. The summed E-state index contributed by atoms with van der Waals surface area (Å²) >= 11 is 0. The fraction of sp³-hybridized carbons (Fsp3) is 0.667. The average Bonchev–Trinajstić information content (AvgIpc) is 2.67. The Labute approximate surface area is 101 Å². The zero-order valence-electron chi connectivity index (χ0n) is 10.2. The molecular weight excluding hydrogens is 216 g/mol. The molecule has 3 N–H and O–H groups in total. The van der Waals surface area contributed by atoms with Crippen LogP contribution < -0.4 is 11.1 Å². The predicted octanol–water partition coefficient (Wildman–Crippen LogP) is 1.27. The number of rotatable bonds is 3. The lowest BCUT2D eigenvalue weighted by molar-refractivity contribution is -0.117. The molecule has 1 aliphatic rings. The summed E-state index contributed by atoms with van der Waals surface area (Å²) in [6.45, 7) is 0. The number of carbonyl (C=O) groups excluding carboxylic acids is 1. The number of nitrogens with two attached hydrogens (primary N) is 1. The second-order valence-corrected chi connectivity index (χ2v) is 4.86. The van der Waals surface area contributed by atoms with Crippen LogP contribution in [0, 0.1) is 5.92 Å². The smallest absolute Gasteiger partial charge is 0.224 e. The lowest BCUT2D eigenvalue weighted by Gasteiger charge is -2.27. The highest BCUT2D eigenvalue weighted by molar-refractivity contribution is 5.90. The summed E-state index contributed by atoms with van der Waals surface area (Å²) in [7, 11) is 1.83. The fourth-order valence-electron chi connectivity index (χ4n) is 2.43. The molecule has 0 aromatic carbocycles. The number of amides is 1. The molecule has 1 aromatic heterocycles. The Hall–Kier alpha value is -1.36. The fourth-order valence-corrected chi connectivity index (χ4v) is 2.43. The maximum Gasteiger partial charge on any atom is 0.224 e. The Morgan fingerprint density at radius 2 is 2.35 bits per heavy atom. The highest BCUT2D eigenvalue weighted by atomic mass is 16.1. The number of nitrogens with zero attached hydrogens (tertiary/aromatic N) is 2. The van der Waals surface area contributed by atoms with Crippen LogP contribution >= 0.6 is 0 Å². The van der Waals surface area contributed by atoms with Crippen molar-refractivity contribution in [3.8, 4) is 0 Å². The van der Waals surface area contributed by atoms with E-state index in [-0.39, 0.29) is 11.9 Å². The molecule has 1 aliphatic carbocycles. The number of hydrogen-bond donors (Lipinski definition) is 2. The van der Waals surface area contributed by atoms with Gasteiger partial charge in [0.2, 0.25) is 5.91 Å². The number of hydrogen-bond acceptors (Lipinski definition) is 3. The highest BCUT2D eigenvalue weighted by Crippen LogP contribution is 2.25. The molecule has 1 fully saturated rings. The van der Waals surface area contributed by atoms with Crippen LogP contribution in [0.25, 0.3) is 0 Å². The van der Waals surface area contributed by atoms with Crippen LogP contribution in [-0.2, 0) is 11.8 Å². The first kappa shape index (κ1) is 12.1. The molecule has 1 aromatic rings. The zero-order chi connectivity index (χ0) is 12.3. The molecule has 2 rings (SSSR count). The SMILES string of the molecule is Cn1cc(NC(=O)CC2CCCCC2N)cn1. The summed E-state index contributed by atoms with van der Waals surface area (Å²) in [6.07, 6.45) is 8.47. The standard InChI is InChI=1S/C12H20N4O/c1-16-8-10(7-14-16)15-12(17)6-9-4-2-3-5-11(9)13/h7-9,11H,2-6,13H2,1H3,(H,15,17). The zero-order valence-corrected chi connectivity index (χ0v) is 10.2. The highest BCUT2D eigenvalue weighted by Gasteiger charge is 2.24. The van der Waals surface area contributed by atoms with Gasteiger partial charge in [-0.25, -0.2) is 0 Å². The minimum absolute atomic E-state index is 0.0420. The van der Waals surface area contributed by atoms with Crippen molar-refractivity contribution in [1.82, 2.24) is 9.78 Å². The first-order valence-corrected chi connectivity index (χ1v) is 6.19. The van der Waals surface area contributed by atoms with Gasteiger partial charge in [0.15, 0.2) is 0 Å². The molecule has 1 saturated carbocycles. The van der Waals surface area contributed by atoms with Gasteiger partial charge in [0.05, 0.1) is 11.9 Å². The van der Waals surface area contributed by atoms with Crippen molar-refractivity contribution in [2.45, 2.75) is 38.1 Å². The van der Waals surface area contributed by atoms with Crippen molar-refractivity contribution in [3.63, 3.8) is 0 Å². The van der Waals surface area contributed by atoms with Gasteiger partial charge < -0.3 is 11.1 Å². The van der Waals surface area contributed by atoms with Crippen LogP contribution in [0.15, 0.2) is 12.4 Å². The third-order valence-corrected chi connectivity index (χ3v) is 3.40. The average molecular weight is 236 g/mol. The van der Waals surface area contributed by atoms with Gasteiger partial charge >= 0.3 is 0 Å². The van der Waals surface area contributed by atoms with Gasteiger partial charge in [-0.3, -0.25) is 9.48 Å². The van der Waals surface area contributed by atoms with Crippen molar-refractivity contribution in [2.75, 3.05) is 5.32 Å². The van der Waals surface area contributed by atoms with Crippen molar-refractivity contribution < 1.29 is 4.79 Å². The Morgan fingerprint density at radius 1 is 1.59 bits per heavy atom. The van der Waals surface area contributed by atoms with E-state index >= 15 is 0 Å². The molecular formula is C12H20N4O. The second kappa shape index (κ2) is 5.31. The minimum Gasteiger partial charge on any atom is -0.327 e. The van der Waals surface area contributed by atoms with E-state index in [1.165, 1.54) is 12.8 Å². The Bertz CT molecular complexity index is 388. The topological polar surface area (TPSA) is 72.9 Å². The van der Waals surface area contributed by atoms with Crippen LogP contribution in [-0.4, -0.2) is 21.7 Å². The molecule has 0 bridgehead atoms. The maximum absolute atomic E-state index is 11.8. The summed E-state index contributed by atoms with van der Waals surface area (Å²) in [4.78, 5) is 11.8. The molecule has 0 radical (unpaired) electrons. The second-order valence-electron chi connectivity index (χ2n) is 4.86. The van der Waals surface area contributed by atoms with Crippen molar-refractivity contribution in [1.29, 1.82) is 0 Å². The monoisotopic (exact) mass is 236 g/mol. The van der Waals surface area contributed by atoms with Crippen LogP contribution in [0.2, 0.25) is 0 Å². The number of aryl methyl sites for hydroxylation is 1. The van der Waals surface area contributed by atoms with Gasteiger partial charge in [0.25, 0.3) is 0 Å². The molecule has 1 amide bonds. The summed E-state index contributed by atoms with van der Waals surface area (Å²) in [6, 6.07) is 0.184. The van der Waals surface area contributed by atoms with E-state index in [4.69, 9.17) is 5.73 Å².